The molecule has 1 aliphatic rings. The first-order valence-electron chi connectivity index (χ1n) is 5.98. The lowest BCUT2D eigenvalue weighted by atomic mass is 10.1. The molecular weight excluding hydrogens is 280 g/mol. The third-order valence-corrected chi connectivity index (χ3v) is 3.86. The Morgan fingerprint density at radius 1 is 1.53 bits per heavy atom. The summed E-state index contributed by atoms with van der Waals surface area (Å²) in [7, 11) is 1.69. The first kappa shape index (κ1) is 12.9. The van der Waals surface area contributed by atoms with Gasteiger partial charge in [0.2, 0.25) is 0 Å². The normalized spacial score (nSPS) is 21.5. The number of methoxy groups -OCH3 is 1. The Hall–Kier alpha value is -0.580. The largest absolute Gasteiger partial charge is 0.496 e. The summed E-state index contributed by atoms with van der Waals surface area (Å²) in [6.45, 7) is 6.56. The molecule has 1 atom stereocenters. The van der Waals surface area contributed by atoms with Gasteiger partial charge in [0.25, 0.3) is 0 Å². The number of hydrogen-bond acceptors (Lipinski definition) is 3. The number of ether oxygens (including phenoxy) is 1. The number of benzene rings is 1. The number of nitrogens with one attached hydrogen (secondary N) is 1. The van der Waals surface area contributed by atoms with Crippen LogP contribution in [0.25, 0.3) is 0 Å². The molecule has 0 aromatic heterocycles. The number of piperazine rings is 1. The summed E-state index contributed by atoms with van der Waals surface area (Å²) in [5, 5.41) is 3.41. The van der Waals surface area contributed by atoms with E-state index in [0.717, 1.165) is 36.4 Å². The average Bonchev–Trinajstić information content (AvgIpc) is 2.32. The van der Waals surface area contributed by atoms with Gasteiger partial charge >= 0.3 is 0 Å². The van der Waals surface area contributed by atoms with Gasteiger partial charge < -0.3 is 10.1 Å². The molecule has 3 nitrogen and oxygen atoms in total. The zero-order chi connectivity index (χ0) is 12.3. The second-order valence-electron chi connectivity index (χ2n) is 4.49. The van der Waals surface area contributed by atoms with Gasteiger partial charge in [-0.2, -0.15) is 0 Å². The Balaban J connectivity index is 2.05. The maximum atomic E-state index is 5.24. The summed E-state index contributed by atoms with van der Waals surface area (Å²) < 4.78 is 6.27. The van der Waals surface area contributed by atoms with Crippen LogP contribution in [0.2, 0.25) is 0 Å². The zero-order valence-electron chi connectivity index (χ0n) is 10.4. The van der Waals surface area contributed by atoms with Crippen molar-refractivity contribution >= 4 is 15.9 Å². The molecule has 4 heteroatoms. The molecule has 1 aromatic rings. The smallest absolute Gasteiger partial charge is 0.133 e. The Labute approximate surface area is 111 Å². The summed E-state index contributed by atoms with van der Waals surface area (Å²) in [6, 6.07) is 6.91. The van der Waals surface area contributed by atoms with E-state index in [1.807, 2.05) is 6.07 Å². The number of nitrogens with zero attached hydrogens (tertiary/aromatic N) is 1. The summed E-state index contributed by atoms with van der Waals surface area (Å²) in [5.41, 5.74) is 1.33. The van der Waals surface area contributed by atoms with Gasteiger partial charge in [-0.05, 0) is 40.5 Å². The molecule has 1 fully saturated rings. The van der Waals surface area contributed by atoms with Crippen LogP contribution in [0, 0.1) is 0 Å². The van der Waals surface area contributed by atoms with Crippen LogP contribution in [0.5, 0.6) is 5.75 Å². The van der Waals surface area contributed by atoms with Crippen LogP contribution in [0.4, 0.5) is 0 Å². The van der Waals surface area contributed by atoms with Crippen LogP contribution in [0.15, 0.2) is 22.7 Å². The highest BCUT2D eigenvalue weighted by Gasteiger charge is 2.17. The Kier molecular flexibility index (Phi) is 4.42. The van der Waals surface area contributed by atoms with Crippen LogP contribution >= 0.6 is 15.9 Å². The first-order chi connectivity index (χ1) is 8.20. The molecule has 2 rings (SSSR count). The molecule has 0 radical (unpaired) electrons. The lowest BCUT2D eigenvalue weighted by Gasteiger charge is -2.33. The predicted molar refractivity (Wildman–Crippen MR) is 73.4 cm³/mol. The van der Waals surface area contributed by atoms with Crippen molar-refractivity contribution < 1.29 is 4.74 Å². The van der Waals surface area contributed by atoms with Crippen molar-refractivity contribution in [2.24, 2.45) is 0 Å². The fourth-order valence-corrected chi connectivity index (χ4v) is 2.75. The van der Waals surface area contributed by atoms with E-state index < -0.39 is 0 Å². The molecule has 1 aromatic carbocycles. The molecule has 1 saturated heterocycles. The maximum Gasteiger partial charge on any atom is 0.133 e. The topological polar surface area (TPSA) is 24.5 Å². The molecule has 1 aliphatic heterocycles. The molecular formula is C13H19BrN2O. The second kappa shape index (κ2) is 5.85. The van der Waals surface area contributed by atoms with Crippen molar-refractivity contribution in [2.45, 2.75) is 19.5 Å². The van der Waals surface area contributed by atoms with E-state index in [9.17, 15) is 0 Å². The molecule has 94 valence electrons. The maximum absolute atomic E-state index is 5.24. The van der Waals surface area contributed by atoms with Crippen molar-refractivity contribution in [1.82, 2.24) is 10.2 Å². The van der Waals surface area contributed by atoms with E-state index in [2.05, 4.69) is 45.2 Å². The van der Waals surface area contributed by atoms with E-state index in [-0.39, 0.29) is 0 Å². The highest BCUT2D eigenvalue weighted by Crippen LogP contribution is 2.26. The van der Waals surface area contributed by atoms with Crippen molar-refractivity contribution in [3.8, 4) is 5.75 Å². The molecule has 0 aliphatic carbocycles. The molecule has 17 heavy (non-hydrogen) atoms. The molecule has 0 spiro atoms. The lowest BCUT2D eigenvalue weighted by molar-refractivity contribution is 0.165. The van der Waals surface area contributed by atoms with E-state index in [0.29, 0.717) is 6.04 Å². The van der Waals surface area contributed by atoms with Crippen molar-refractivity contribution in [1.29, 1.82) is 0 Å². The van der Waals surface area contributed by atoms with Gasteiger partial charge in [0.15, 0.2) is 0 Å². The van der Waals surface area contributed by atoms with Gasteiger partial charge in [-0.1, -0.05) is 6.07 Å². The SMILES string of the molecule is COc1ccc(CN2CCNCC2C)cc1Br. The van der Waals surface area contributed by atoms with E-state index in [1.165, 1.54) is 5.56 Å². The van der Waals surface area contributed by atoms with Gasteiger partial charge in [0, 0.05) is 32.2 Å². The van der Waals surface area contributed by atoms with Crippen LogP contribution in [0.3, 0.4) is 0 Å². The highest BCUT2D eigenvalue weighted by molar-refractivity contribution is 9.10. The van der Waals surface area contributed by atoms with Crippen molar-refractivity contribution in [2.75, 3.05) is 26.7 Å². The van der Waals surface area contributed by atoms with Gasteiger partial charge in [-0.3, -0.25) is 4.90 Å². The highest BCUT2D eigenvalue weighted by atomic mass is 79.9. The summed E-state index contributed by atoms with van der Waals surface area (Å²) in [6.07, 6.45) is 0. The molecule has 0 bridgehead atoms. The third-order valence-electron chi connectivity index (χ3n) is 3.24. The molecule has 1 N–H and O–H groups in total. The molecule has 0 saturated carbocycles. The summed E-state index contributed by atoms with van der Waals surface area (Å²) in [4.78, 5) is 2.50. The van der Waals surface area contributed by atoms with E-state index in [4.69, 9.17) is 4.74 Å². The standard InChI is InChI=1S/C13H19BrN2O/c1-10-8-15-5-6-16(10)9-11-3-4-13(17-2)12(14)7-11/h3-4,7,10,15H,5-6,8-9H2,1-2H3. The first-order valence-corrected chi connectivity index (χ1v) is 6.77. The minimum atomic E-state index is 0.602. The monoisotopic (exact) mass is 298 g/mol. The second-order valence-corrected chi connectivity index (χ2v) is 5.35. The van der Waals surface area contributed by atoms with Crippen molar-refractivity contribution in [3.63, 3.8) is 0 Å². The van der Waals surface area contributed by atoms with E-state index >= 15 is 0 Å². The van der Waals surface area contributed by atoms with E-state index in [1.54, 1.807) is 7.11 Å². The third kappa shape index (κ3) is 3.21. The fraction of sp³-hybridized carbons (Fsp3) is 0.538. The minimum absolute atomic E-state index is 0.602. The zero-order valence-corrected chi connectivity index (χ0v) is 12.0. The van der Waals surface area contributed by atoms with Gasteiger partial charge in [-0.25, -0.2) is 0 Å². The van der Waals surface area contributed by atoms with Crippen LogP contribution in [0.1, 0.15) is 12.5 Å². The summed E-state index contributed by atoms with van der Waals surface area (Å²) >= 11 is 3.53. The molecule has 1 unspecified atom stereocenters. The quantitative estimate of drug-likeness (QED) is 0.926. The van der Waals surface area contributed by atoms with Crippen LogP contribution in [-0.4, -0.2) is 37.7 Å². The Bertz CT molecular complexity index is 384. The van der Waals surface area contributed by atoms with Crippen LogP contribution < -0.4 is 10.1 Å². The van der Waals surface area contributed by atoms with Gasteiger partial charge in [-0.15, -0.1) is 0 Å². The Morgan fingerprint density at radius 3 is 3.00 bits per heavy atom. The van der Waals surface area contributed by atoms with Crippen molar-refractivity contribution in [3.05, 3.63) is 28.2 Å². The number of rotatable bonds is 3. The van der Waals surface area contributed by atoms with Crippen LogP contribution in [-0.2, 0) is 6.54 Å². The van der Waals surface area contributed by atoms with Gasteiger partial charge in [0.05, 0.1) is 11.6 Å². The lowest BCUT2D eigenvalue weighted by Crippen LogP contribution is -2.49. The fourth-order valence-electron chi connectivity index (χ4n) is 2.16. The van der Waals surface area contributed by atoms with Gasteiger partial charge in [0.1, 0.15) is 5.75 Å². The molecule has 0 amide bonds. The molecule has 1 heterocycles. The summed E-state index contributed by atoms with van der Waals surface area (Å²) in [5.74, 6) is 0.891. The number of hydrogen-bond donors (Lipinski definition) is 1. The number of halogens is 1. The average molecular weight is 299 g/mol. The predicted octanol–water partition coefficient (Wildman–Crippen LogP) is 2.25. The Morgan fingerprint density at radius 2 is 2.35 bits per heavy atom. The minimum Gasteiger partial charge on any atom is -0.496 e.